The molecule has 0 aromatic heterocycles. The van der Waals surface area contributed by atoms with Crippen molar-refractivity contribution < 1.29 is 18.4 Å². The SMILES string of the molecule is CCO[Si](OCC)(OCC)c1cccc(O)c1. The minimum absolute atomic E-state index is 0.193. The summed E-state index contributed by atoms with van der Waals surface area (Å²) in [6, 6.07) is 6.90. The van der Waals surface area contributed by atoms with E-state index < -0.39 is 8.80 Å². The van der Waals surface area contributed by atoms with Crippen LogP contribution in [0.1, 0.15) is 20.8 Å². The molecular formula is C12H20O4Si. The highest BCUT2D eigenvalue weighted by atomic mass is 28.4. The molecule has 0 aliphatic carbocycles. The maximum Gasteiger partial charge on any atom is 0.537 e. The van der Waals surface area contributed by atoms with Gasteiger partial charge in [0.1, 0.15) is 5.75 Å². The quantitative estimate of drug-likeness (QED) is 0.754. The van der Waals surface area contributed by atoms with Crippen LogP contribution in [-0.4, -0.2) is 33.7 Å². The van der Waals surface area contributed by atoms with Crippen molar-refractivity contribution in [2.75, 3.05) is 19.8 Å². The summed E-state index contributed by atoms with van der Waals surface area (Å²) in [4.78, 5) is 0. The maximum absolute atomic E-state index is 9.54. The number of phenolic OH excluding ortho intramolecular Hbond substituents is 1. The van der Waals surface area contributed by atoms with Crippen molar-refractivity contribution in [1.29, 1.82) is 0 Å². The number of aromatic hydroxyl groups is 1. The molecule has 0 atom stereocenters. The van der Waals surface area contributed by atoms with E-state index in [0.717, 1.165) is 5.19 Å². The van der Waals surface area contributed by atoms with Crippen LogP contribution < -0.4 is 5.19 Å². The van der Waals surface area contributed by atoms with E-state index >= 15 is 0 Å². The molecule has 0 radical (unpaired) electrons. The molecule has 5 heteroatoms. The first-order chi connectivity index (χ1) is 8.18. The minimum Gasteiger partial charge on any atom is -0.508 e. The zero-order valence-corrected chi connectivity index (χ0v) is 11.6. The van der Waals surface area contributed by atoms with Gasteiger partial charge in [-0.25, -0.2) is 0 Å². The molecule has 0 bridgehead atoms. The lowest BCUT2D eigenvalue weighted by Crippen LogP contribution is -2.56. The summed E-state index contributed by atoms with van der Waals surface area (Å²) in [7, 11) is -2.86. The van der Waals surface area contributed by atoms with Crippen LogP contribution in [0, 0.1) is 0 Å². The van der Waals surface area contributed by atoms with Gasteiger partial charge in [0.2, 0.25) is 0 Å². The number of rotatable bonds is 7. The van der Waals surface area contributed by atoms with E-state index in [0.29, 0.717) is 19.8 Å². The summed E-state index contributed by atoms with van der Waals surface area (Å²) in [6.07, 6.45) is 0. The predicted molar refractivity (Wildman–Crippen MR) is 68.4 cm³/mol. The Hall–Kier alpha value is -0.883. The third kappa shape index (κ3) is 3.54. The molecule has 0 fully saturated rings. The molecule has 1 N–H and O–H groups in total. The van der Waals surface area contributed by atoms with Gasteiger partial charge in [-0.1, -0.05) is 12.1 Å². The Labute approximate surface area is 104 Å². The average molecular weight is 256 g/mol. The van der Waals surface area contributed by atoms with Gasteiger partial charge < -0.3 is 18.4 Å². The molecule has 0 saturated heterocycles. The average Bonchev–Trinajstić information content (AvgIpc) is 2.30. The Morgan fingerprint density at radius 1 is 1.00 bits per heavy atom. The molecule has 1 aromatic rings. The molecule has 96 valence electrons. The summed E-state index contributed by atoms with van der Waals surface area (Å²) in [5.41, 5.74) is 0. The Morgan fingerprint density at radius 3 is 1.94 bits per heavy atom. The summed E-state index contributed by atoms with van der Waals surface area (Å²) in [5.74, 6) is 0.193. The highest BCUT2D eigenvalue weighted by molar-refractivity contribution is 6.75. The van der Waals surface area contributed by atoms with E-state index in [-0.39, 0.29) is 5.75 Å². The molecule has 0 unspecified atom stereocenters. The summed E-state index contributed by atoms with van der Waals surface area (Å²) >= 11 is 0. The zero-order valence-electron chi connectivity index (χ0n) is 10.6. The summed E-state index contributed by atoms with van der Waals surface area (Å²) in [6.45, 7) is 7.26. The predicted octanol–water partition coefficient (Wildman–Crippen LogP) is 1.65. The van der Waals surface area contributed by atoms with E-state index in [4.69, 9.17) is 13.3 Å². The molecule has 17 heavy (non-hydrogen) atoms. The third-order valence-electron chi connectivity index (χ3n) is 2.20. The van der Waals surface area contributed by atoms with E-state index in [9.17, 15) is 5.11 Å². The van der Waals surface area contributed by atoms with Crippen LogP contribution in [0.15, 0.2) is 24.3 Å². The fourth-order valence-corrected chi connectivity index (χ4v) is 4.16. The van der Waals surface area contributed by atoms with E-state index in [1.165, 1.54) is 0 Å². The second-order valence-corrected chi connectivity index (χ2v) is 5.96. The van der Waals surface area contributed by atoms with Crippen molar-refractivity contribution in [3.63, 3.8) is 0 Å². The first kappa shape index (κ1) is 14.2. The lowest BCUT2D eigenvalue weighted by molar-refractivity contribution is 0.0858. The topological polar surface area (TPSA) is 47.9 Å². The molecule has 1 aromatic carbocycles. The van der Waals surface area contributed by atoms with E-state index in [1.807, 2.05) is 26.8 Å². The number of hydrogen-bond acceptors (Lipinski definition) is 4. The molecule has 0 aliphatic rings. The van der Waals surface area contributed by atoms with E-state index in [2.05, 4.69) is 0 Å². The molecule has 0 amide bonds. The van der Waals surface area contributed by atoms with Crippen molar-refractivity contribution in [3.05, 3.63) is 24.3 Å². The Kier molecular flexibility index (Phi) is 5.63. The van der Waals surface area contributed by atoms with Gasteiger partial charge in [0.05, 0.1) is 0 Å². The van der Waals surface area contributed by atoms with Gasteiger partial charge in [0.25, 0.3) is 0 Å². The normalized spacial score (nSPS) is 11.7. The first-order valence-electron chi connectivity index (χ1n) is 5.89. The second-order valence-electron chi connectivity index (χ2n) is 3.41. The van der Waals surface area contributed by atoms with Crippen LogP contribution in [0.4, 0.5) is 0 Å². The maximum atomic E-state index is 9.54. The number of phenols is 1. The van der Waals surface area contributed by atoms with Crippen molar-refractivity contribution in [1.82, 2.24) is 0 Å². The molecule has 4 nitrogen and oxygen atoms in total. The van der Waals surface area contributed by atoms with Gasteiger partial charge in [0.15, 0.2) is 0 Å². The van der Waals surface area contributed by atoms with Gasteiger partial charge in [0, 0.05) is 25.0 Å². The Bertz CT molecular complexity index is 326. The minimum atomic E-state index is -2.86. The monoisotopic (exact) mass is 256 g/mol. The number of benzene rings is 1. The van der Waals surface area contributed by atoms with Crippen LogP contribution in [-0.2, 0) is 13.3 Å². The lowest BCUT2D eigenvalue weighted by atomic mass is 10.3. The zero-order chi connectivity index (χ0) is 12.7. The highest BCUT2D eigenvalue weighted by Gasteiger charge is 2.43. The Morgan fingerprint density at radius 2 is 1.53 bits per heavy atom. The van der Waals surface area contributed by atoms with Crippen molar-refractivity contribution in [3.8, 4) is 5.75 Å². The number of hydrogen-bond donors (Lipinski definition) is 1. The van der Waals surface area contributed by atoms with Crippen LogP contribution in [0.25, 0.3) is 0 Å². The van der Waals surface area contributed by atoms with Crippen LogP contribution in [0.5, 0.6) is 5.75 Å². The van der Waals surface area contributed by atoms with E-state index in [1.54, 1.807) is 18.2 Å². The summed E-state index contributed by atoms with van der Waals surface area (Å²) < 4.78 is 17.2. The van der Waals surface area contributed by atoms with Crippen molar-refractivity contribution >= 4 is 14.0 Å². The smallest absolute Gasteiger partial charge is 0.508 e. The lowest BCUT2D eigenvalue weighted by Gasteiger charge is -2.28. The van der Waals surface area contributed by atoms with Gasteiger partial charge >= 0.3 is 8.80 Å². The van der Waals surface area contributed by atoms with Crippen molar-refractivity contribution in [2.45, 2.75) is 20.8 Å². The molecule has 0 saturated carbocycles. The molecule has 0 spiro atoms. The first-order valence-corrected chi connectivity index (χ1v) is 7.62. The third-order valence-corrected chi connectivity index (χ3v) is 5.23. The fraction of sp³-hybridized carbons (Fsp3) is 0.500. The van der Waals surface area contributed by atoms with Crippen LogP contribution in [0.2, 0.25) is 0 Å². The van der Waals surface area contributed by atoms with Crippen LogP contribution in [0.3, 0.4) is 0 Å². The second kappa shape index (κ2) is 6.76. The fourth-order valence-electron chi connectivity index (χ4n) is 1.64. The molecular weight excluding hydrogens is 236 g/mol. The van der Waals surface area contributed by atoms with Crippen LogP contribution >= 0.6 is 0 Å². The largest absolute Gasteiger partial charge is 0.537 e. The summed E-state index contributed by atoms with van der Waals surface area (Å²) in [5, 5.41) is 10.3. The molecule has 0 heterocycles. The Balaban J connectivity index is 3.09. The van der Waals surface area contributed by atoms with Crippen molar-refractivity contribution in [2.24, 2.45) is 0 Å². The molecule has 1 rings (SSSR count). The van der Waals surface area contributed by atoms with Gasteiger partial charge in [-0.2, -0.15) is 0 Å². The highest BCUT2D eigenvalue weighted by Crippen LogP contribution is 2.14. The van der Waals surface area contributed by atoms with Gasteiger partial charge in [-0.15, -0.1) is 0 Å². The van der Waals surface area contributed by atoms with Gasteiger partial charge in [-0.05, 0) is 32.9 Å². The standard InChI is InChI=1S/C12H20O4Si/c1-4-14-17(15-5-2,16-6-3)12-9-7-8-11(13)10-12/h7-10,13H,4-6H2,1-3H3. The molecule has 0 aliphatic heterocycles. The van der Waals surface area contributed by atoms with Gasteiger partial charge in [-0.3, -0.25) is 0 Å².